The number of rotatable bonds is 7. The molecule has 1 aliphatic heterocycles. The molecule has 1 atom stereocenters. The summed E-state index contributed by atoms with van der Waals surface area (Å²) in [6.07, 6.45) is -0.129. The fraction of sp³-hybridized carbons (Fsp3) is 0.348. The van der Waals surface area contributed by atoms with Crippen molar-refractivity contribution in [1.82, 2.24) is 10.3 Å². The molecule has 1 amide bonds. The molecule has 2 aromatic rings. The number of nitrogens with one attached hydrogen (secondary N) is 2. The number of primary amides is 1. The molecule has 1 aromatic heterocycles. The van der Waals surface area contributed by atoms with Gasteiger partial charge in [0.2, 0.25) is 11.7 Å². The number of pyridine rings is 1. The second-order valence-corrected chi connectivity index (χ2v) is 9.94. The summed E-state index contributed by atoms with van der Waals surface area (Å²) in [6, 6.07) is 3.32. The van der Waals surface area contributed by atoms with E-state index in [0.717, 1.165) is 23.9 Å². The third-order valence-electron chi connectivity index (χ3n) is 5.64. The molecule has 2 aliphatic rings. The Morgan fingerprint density at radius 1 is 1.34 bits per heavy atom. The summed E-state index contributed by atoms with van der Waals surface area (Å²) in [7, 11) is 0. The van der Waals surface area contributed by atoms with Crippen LogP contribution in [0.15, 0.2) is 31.9 Å². The highest BCUT2D eigenvalue weighted by Gasteiger charge is 2.40. The van der Waals surface area contributed by atoms with E-state index in [2.05, 4.69) is 28.5 Å². The second-order valence-electron chi connectivity index (χ2n) is 8.73. The van der Waals surface area contributed by atoms with Gasteiger partial charge >= 0.3 is 0 Å². The average molecular weight is 519 g/mol. The first-order valence-corrected chi connectivity index (χ1v) is 12.0. The second kappa shape index (κ2) is 9.84. The van der Waals surface area contributed by atoms with Gasteiger partial charge in [0.25, 0.3) is 5.56 Å². The number of aromatic amines is 1. The van der Waals surface area contributed by atoms with E-state index in [9.17, 15) is 24.3 Å². The van der Waals surface area contributed by atoms with E-state index in [-0.39, 0.29) is 34.2 Å². The number of H-pyrrole nitrogens is 1. The summed E-state index contributed by atoms with van der Waals surface area (Å²) in [5.41, 5.74) is 5.83. The lowest BCUT2D eigenvalue weighted by atomic mass is 9.97. The van der Waals surface area contributed by atoms with Crippen molar-refractivity contribution in [3.05, 3.63) is 49.2 Å². The smallest absolute Gasteiger partial charge is 0.263 e. The Bertz CT molecular complexity index is 1380. The molecule has 0 bridgehead atoms. The zero-order valence-electron chi connectivity index (χ0n) is 18.9. The number of ether oxygens (including phenoxy) is 1. The Morgan fingerprint density at radius 2 is 2.09 bits per heavy atom. The van der Waals surface area contributed by atoms with Gasteiger partial charge in [0, 0.05) is 28.1 Å². The number of hydrogen-bond acceptors (Lipinski definition) is 9. The number of ketones is 2. The summed E-state index contributed by atoms with van der Waals surface area (Å²) in [4.78, 5) is 52.1. The van der Waals surface area contributed by atoms with E-state index >= 15 is 0 Å². The number of hydrogen-bond donors (Lipinski definition) is 4. The molecule has 12 heteroatoms. The minimum atomic E-state index is -1.45. The number of aromatic nitrogens is 1. The number of Topliss-reactive ketones (excluding diaryl/α,β-unsaturated/α-hetero) is 2. The Labute approximate surface area is 209 Å². The minimum Gasteiger partial charge on any atom is -0.506 e. The van der Waals surface area contributed by atoms with Crippen molar-refractivity contribution in [3.8, 4) is 5.75 Å². The molecule has 1 unspecified atom stereocenters. The number of halogens is 1. The highest BCUT2D eigenvalue weighted by molar-refractivity contribution is 8.03. The Hall–Kier alpha value is -3.15. The van der Waals surface area contributed by atoms with Crippen LogP contribution in [0.3, 0.4) is 0 Å². The monoisotopic (exact) mass is 518 g/mol. The molecule has 1 aromatic carbocycles. The van der Waals surface area contributed by atoms with Crippen molar-refractivity contribution >= 4 is 57.8 Å². The molecule has 5 N–H and O–H groups in total. The number of carbonyl (C=O) groups is 3. The zero-order valence-corrected chi connectivity index (χ0v) is 20.5. The fourth-order valence-corrected chi connectivity index (χ4v) is 4.93. The number of aryl methyl sites for hydroxylation is 1. The van der Waals surface area contributed by atoms with Crippen LogP contribution in [0, 0.1) is 5.92 Å². The van der Waals surface area contributed by atoms with Gasteiger partial charge in [0.05, 0.1) is 16.8 Å². The quantitative estimate of drug-likeness (QED) is 0.319. The lowest BCUT2D eigenvalue weighted by molar-refractivity contribution is -0.143. The number of amides is 1. The van der Waals surface area contributed by atoms with Crippen molar-refractivity contribution in [1.29, 1.82) is 0 Å². The van der Waals surface area contributed by atoms with E-state index in [0.29, 0.717) is 28.3 Å². The molecule has 184 valence electrons. The SMILES string of the molecule is CC(C)CCc1cc(Cl)cc2c(O)c(C3=NSC4=C(CC(=O)C(OCC(N)=O)C4=O)N3)c(=O)[nH]c12. The highest BCUT2D eigenvalue weighted by Crippen LogP contribution is 2.36. The van der Waals surface area contributed by atoms with Crippen molar-refractivity contribution in [3.63, 3.8) is 0 Å². The first-order chi connectivity index (χ1) is 16.6. The fourth-order valence-electron chi connectivity index (χ4n) is 3.94. The molecular weight excluding hydrogens is 496 g/mol. The number of nitrogens with two attached hydrogens (primary N) is 1. The van der Waals surface area contributed by atoms with E-state index in [4.69, 9.17) is 22.1 Å². The van der Waals surface area contributed by atoms with Crippen LogP contribution in [0.5, 0.6) is 5.75 Å². The third-order valence-corrected chi connectivity index (χ3v) is 6.76. The van der Waals surface area contributed by atoms with Gasteiger partial charge in [-0.25, -0.2) is 0 Å². The molecule has 0 saturated heterocycles. The van der Waals surface area contributed by atoms with Gasteiger partial charge in [-0.2, -0.15) is 4.40 Å². The van der Waals surface area contributed by atoms with Crippen molar-refractivity contribution in [2.45, 2.75) is 39.2 Å². The number of nitrogens with zero attached hydrogens (tertiary/aromatic N) is 1. The van der Waals surface area contributed by atoms with Gasteiger partial charge in [0.15, 0.2) is 17.7 Å². The minimum absolute atomic E-state index is 0.00443. The predicted molar refractivity (Wildman–Crippen MR) is 132 cm³/mol. The van der Waals surface area contributed by atoms with E-state index in [1.54, 1.807) is 12.1 Å². The van der Waals surface area contributed by atoms with Gasteiger partial charge < -0.3 is 25.9 Å². The molecule has 2 heterocycles. The maximum atomic E-state index is 13.0. The van der Waals surface area contributed by atoms with Crippen LogP contribution in [0.25, 0.3) is 10.9 Å². The molecule has 35 heavy (non-hydrogen) atoms. The first kappa shape index (κ1) is 25.0. The molecule has 1 aliphatic carbocycles. The van der Waals surface area contributed by atoms with E-state index in [1.165, 1.54) is 0 Å². The van der Waals surface area contributed by atoms with Crippen LogP contribution in [0.1, 0.15) is 37.8 Å². The van der Waals surface area contributed by atoms with Gasteiger partial charge in [-0.1, -0.05) is 25.4 Å². The van der Waals surface area contributed by atoms with Gasteiger partial charge in [-0.3, -0.25) is 19.2 Å². The van der Waals surface area contributed by atoms with E-state index in [1.807, 2.05) is 0 Å². The van der Waals surface area contributed by atoms with Crippen LogP contribution in [-0.2, 0) is 25.5 Å². The molecule has 0 radical (unpaired) electrons. The maximum absolute atomic E-state index is 13.0. The summed E-state index contributed by atoms with van der Waals surface area (Å²) in [6.45, 7) is 3.61. The third kappa shape index (κ3) is 4.97. The normalized spacial score (nSPS) is 18.1. The van der Waals surface area contributed by atoms with Gasteiger partial charge in [-0.15, -0.1) is 0 Å². The molecule has 0 spiro atoms. The number of carbonyl (C=O) groups excluding carboxylic acids is 3. The van der Waals surface area contributed by atoms with Crippen LogP contribution in [-0.4, -0.2) is 46.1 Å². The molecular formula is C23H23ClN4O6S. The average Bonchev–Trinajstić information content (AvgIpc) is 2.77. The zero-order chi connectivity index (χ0) is 25.4. The lowest BCUT2D eigenvalue weighted by Gasteiger charge is -2.27. The summed E-state index contributed by atoms with van der Waals surface area (Å²) in [5, 5.41) is 14.7. The van der Waals surface area contributed by atoms with Crippen LogP contribution >= 0.6 is 23.5 Å². The number of aromatic hydroxyl groups is 1. The van der Waals surface area contributed by atoms with Crippen LogP contribution in [0.4, 0.5) is 0 Å². The molecule has 4 rings (SSSR count). The Morgan fingerprint density at radius 3 is 2.77 bits per heavy atom. The van der Waals surface area contributed by atoms with Crippen molar-refractivity contribution in [2.24, 2.45) is 16.0 Å². The van der Waals surface area contributed by atoms with Crippen molar-refractivity contribution < 1.29 is 24.2 Å². The maximum Gasteiger partial charge on any atom is 0.263 e. The lowest BCUT2D eigenvalue weighted by Crippen LogP contribution is -2.44. The number of fused-ring (bicyclic) bond motifs is 1. The molecule has 10 nitrogen and oxygen atoms in total. The Balaban J connectivity index is 1.68. The van der Waals surface area contributed by atoms with Crippen molar-refractivity contribution in [2.75, 3.05) is 6.61 Å². The number of amidine groups is 1. The number of allylic oxidation sites excluding steroid dienone is 1. The highest BCUT2D eigenvalue weighted by atomic mass is 35.5. The van der Waals surface area contributed by atoms with Crippen LogP contribution in [0.2, 0.25) is 5.02 Å². The van der Waals surface area contributed by atoms with Gasteiger partial charge in [-0.05, 0) is 36.5 Å². The van der Waals surface area contributed by atoms with Gasteiger partial charge in [0.1, 0.15) is 17.9 Å². The topological polar surface area (TPSA) is 164 Å². The summed E-state index contributed by atoms with van der Waals surface area (Å²) < 4.78 is 9.26. The van der Waals surface area contributed by atoms with Crippen LogP contribution < -0.4 is 16.6 Å². The Kier molecular flexibility index (Phi) is 7.02. The molecule has 0 fully saturated rings. The molecule has 0 saturated carbocycles. The standard InChI is InChI=1S/C23H23ClN4O6S/c1-9(2)3-4-10-5-11(24)6-12-17(10)27-23(33)16(18(12)31)22-26-13-7-14(29)20(34-8-15(25)30)19(32)21(13)35-28-22/h5-6,9,20H,3-4,7-8H2,1-2H3,(H2,25,30)(H,26,28)(H2,27,31,33). The van der Waals surface area contributed by atoms with E-state index < -0.39 is 35.7 Å². The largest absolute Gasteiger partial charge is 0.506 e. The summed E-state index contributed by atoms with van der Waals surface area (Å²) >= 11 is 7.05. The first-order valence-electron chi connectivity index (χ1n) is 10.9. The summed E-state index contributed by atoms with van der Waals surface area (Å²) in [5.74, 6) is -1.91. The number of benzene rings is 1. The predicted octanol–water partition coefficient (Wildman–Crippen LogP) is 2.10.